The lowest BCUT2D eigenvalue weighted by Crippen LogP contribution is -2.32. The Labute approximate surface area is 130 Å². The van der Waals surface area contributed by atoms with E-state index in [2.05, 4.69) is 0 Å². The van der Waals surface area contributed by atoms with Crippen molar-refractivity contribution in [3.05, 3.63) is 69.3 Å². The van der Waals surface area contributed by atoms with Crippen LogP contribution < -0.4 is 4.90 Å². The van der Waals surface area contributed by atoms with E-state index in [0.717, 1.165) is 17.2 Å². The van der Waals surface area contributed by atoms with Gasteiger partial charge in [0.25, 0.3) is 5.69 Å². The van der Waals surface area contributed by atoms with E-state index in [4.69, 9.17) is 0 Å². The predicted molar refractivity (Wildman–Crippen MR) is 79.3 cm³/mol. The molecule has 0 saturated heterocycles. The number of alkyl halides is 3. The number of nitro benzene ring substituents is 1. The summed E-state index contributed by atoms with van der Waals surface area (Å²) in [5.41, 5.74) is 0.562. The molecule has 7 heteroatoms. The maximum atomic E-state index is 13.3. The lowest BCUT2D eigenvalue weighted by atomic mass is 9.98. The first-order chi connectivity index (χ1) is 10.9. The van der Waals surface area contributed by atoms with Gasteiger partial charge in [-0.2, -0.15) is 13.2 Å². The van der Waals surface area contributed by atoms with Gasteiger partial charge in [-0.1, -0.05) is 24.3 Å². The van der Waals surface area contributed by atoms with Crippen molar-refractivity contribution in [1.82, 2.24) is 0 Å². The average molecular weight is 322 g/mol. The normalized spacial score (nSPS) is 14.5. The molecule has 120 valence electrons. The van der Waals surface area contributed by atoms with Crippen molar-refractivity contribution >= 4 is 11.4 Å². The number of hydrogen-bond acceptors (Lipinski definition) is 3. The van der Waals surface area contributed by atoms with Crippen LogP contribution in [0.5, 0.6) is 0 Å². The van der Waals surface area contributed by atoms with Crippen LogP contribution in [0.3, 0.4) is 0 Å². The Morgan fingerprint density at radius 1 is 1.09 bits per heavy atom. The van der Waals surface area contributed by atoms with Gasteiger partial charge in [-0.15, -0.1) is 0 Å². The van der Waals surface area contributed by atoms with E-state index in [0.29, 0.717) is 25.6 Å². The standard InChI is InChI=1S/C16H13F3N2O2/c17-16(18,19)14-9-13(21(22)23)5-6-15(14)20-8-7-11-3-1-2-4-12(11)10-20/h1-6,9H,7-8,10H2. The van der Waals surface area contributed by atoms with Crippen LogP contribution in [-0.4, -0.2) is 11.5 Å². The Bertz CT molecular complexity index is 759. The van der Waals surface area contributed by atoms with E-state index in [9.17, 15) is 23.3 Å². The first-order valence-electron chi connectivity index (χ1n) is 7.03. The molecule has 0 fully saturated rings. The number of non-ortho nitro benzene ring substituents is 1. The summed E-state index contributed by atoms with van der Waals surface area (Å²) in [4.78, 5) is 11.6. The predicted octanol–water partition coefficient (Wildman–Crippen LogP) is 4.18. The van der Waals surface area contributed by atoms with Crippen LogP contribution in [0.25, 0.3) is 0 Å². The average Bonchev–Trinajstić information content (AvgIpc) is 2.53. The Morgan fingerprint density at radius 2 is 1.78 bits per heavy atom. The third-order valence-electron chi connectivity index (χ3n) is 3.97. The molecule has 23 heavy (non-hydrogen) atoms. The molecule has 0 aliphatic carbocycles. The second kappa shape index (κ2) is 5.57. The number of benzene rings is 2. The van der Waals surface area contributed by atoms with Gasteiger partial charge in [0.1, 0.15) is 0 Å². The molecule has 1 aliphatic rings. The van der Waals surface area contributed by atoms with Crippen molar-refractivity contribution < 1.29 is 18.1 Å². The number of nitrogens with zero attached hydrogens (tertiary/aromatic N) is 2. The minimum absolute atomic E-state index is 0.0161. The van der Waals surface area contributed by atoms with Crippen molar-refractivity contribution in [1.29, 1.82) is 0 Å². The summed E-state index contributed by atoms with van der Waals surface area (Å²) in [6, 6.07) is 10.5. The van der Waals surface area contributed by atoms with Gasteiger partial charge < -0.3 is 4.90 Å². The largest absolute Gasteiger partial charge is 0.418 e. The van der Waals surface area contributed by atoms with Crippen LogP contribution in [0.15, 0.2) is 42.5 Å². The number of hydrogen-bond donors (Lipinski definition) is 0. The van der Waals surface area contributed by atoms with Gasteiger partial charge in [-0.3, -0.25) is 10.1 Å². The molecular weight excluding hydrogens is 309 g/mol. The quantitative estimate of drug-likeness (QED) is 0.615. The highest BCUT2D eigenvalue weighted by atomic mass is 19.4. The fourth-order valence-electron chi connectivity index (χ4n) is 2.84. The third kappa shape index (κ3) is 2.99. The minimum Gasteiger partial charge on any atom is -0.366 e. The molecular formula is C16H13F3N2O2. The fraction of sp³-hybridized carbons (Fsp3) is 0.250. The van der Waals surface area contributed by atoms with E-state index in [1.54, 1.807) is 4.90 Å². The molecule has 0 N–H and O–H groups in total. The zero-order chi connectivity index (χ0) is 16.6. The lowest BCUT2D eigenvalue weighted by molar-refractivity contribution is -0.385. The molecule has 0 radical (unpaired) electrons. The van der Waals surface area contributed by atoms with E-state index in [-0.39, 0.29) is 5.69 Å². The molecule has 4 nitrogen and oxygen atoms in total. The van der Waals surface area contributed by atoms with Crippen LogP contribution in [-0.2, 0) is 19.1 Å². The van der Waals surface area contributed by atoms with Crippen LogP contribution in [0.2, 0.25) is 0 Å². The first-order valence-corrected chi connectivity index (χ1v) is 7.03. The van der Waals surface area contributed by atoms with Crippen molar-refractivity contribution in [2.45, 2.75) is 19.1 Å². The molecule has 2 aromatic carbocycles. The maximum absolute atomic E-state index is 13.3. The molecule has 3 rings (SSSR count). The van der Waals surface area contributed by atoms with Crippen LogP contribution in [0.4, 0.5) is 24.5 Å². The molecule has 0 amide bonds. The molecule has 2 aromatic rings. The van der Waals surface area contributed by atoms with Crippen molar-refractivity contribution in [3.8, 4) is 0 Å². The number of nitro groups is 1. The molecule has 1 heterocycles. The second-order valence-corrected chi connectivity index (χ2v) is 5.40. The number of rotatable bonds is 2. The van der Waals surface area contributed by atoms with E-state index in [1.807, 2.05) is 24.3 Å². The SMILES string of the molecule is O=[N+]([O-])c1ccc(N2CCc3ccccc3C2)c(C(F)(F)F)c1. The molecule has 0 unspecified atom stereocenters. The summed E-state index contributed by atoms with van der Waals surface area (Å²) in [6.07, 6.45) is -4.00. The highest BCUT2D eigenvalue weighted by molar-refractivity contribution is 5.60. The van der Waals surface area contributed by atoms with Crippen molar-refractivity contribution in [2.75, 3.05) is 11.4 Å². The molecule has 1 aliphatic heterocycles. The summed E-state index contributed by atoms with van der Waals surface area (Å²) >= 11 is 0. The summed E-state index contributed by atoms with van der Waals surface area (Å²) in [5, 5.41) is 10.8. The van der Waals surface area contributed by atoms with E-state index < -0.39 is 22.4 Å². The minimum atomic E-state index is -4.64. The molecule has 0 atom stereocenters. The van der Waals surface area contributed by atoms with Gasteiger partial charge >= 0.3 is 6.18 Å². The number of fused-ring (bicyclic) bond motifs is 1. The summed E-state index contributed by atoms with van der Waals surface area (Å²) in [5.74, 6) is 0. The van der Waals surface area contributed by atoms with Gasteiger partial charge in [0.15, 0.2) is 0 Å². The summed E-state index contributed by atoms with van der Waals surface area (Å²) < 4.78 is 39.9. The molecule has 0 spiro atoms. The van der Waals surface area contributed by atoms with Crippen LogP contribution in [0, 0.1) is 10.1 Å². The molecule has 0 aromatic heterocycles. The lowest BCUT2D eigenvalue weighted by Gasteiger charge is -2.32. The molecule has 0 bridgehead atoms. The smallest absolute Gasteiger partial charge is 0.366 e. The third-order valence-corrected chi connectivity index (χ3v) is 3.97. The fourth-order valence-corrected chi connectivity index (χ4v) is 2.84. The van der Waals surface area contributed by atoms with Gasteiger partial charge in [0, 0.05) is 30.9 Å². The first kappa shape index (κ1) is 15.3. The van der Waals surface area contributed by atoms with Gasteiger partial charge in [-0.25, -0.2) is 0 Å². The Hall–Kier alpha value is -2.57. The monoisotopic (exact) mass is 322 g/mol. The summed E-state index contributed by atoms with van der Waals surface area (Å²) in [6.45, 7) is 0.801. The Morgan fingerprint density at radius 3 is 2.43 bits per heavy atom. The summed E-state index contributed by atoms with van der Waals surface area (Å²) in [7, 11) is 0. The maximum Gasteiger partial charge on any atom is 0.418 e. The molecule has 0 saturated carbocycles. The number of halogens is 3. The topological polar surface area (TPSA) is 46.4 Å². The van der Waals surface area contributed by atoms with Gasteiger partial charge in [0.2, 0.25) is 0 Å². The Kier molecular flexibility index (Phi) is 3.71. The zero-order valence-electron chi connectivity index (χ0n) is 12.0. The van der Waals surface area contributed by atoms with Crippen LogP contribution >= 0.6 is 0 Å². The second-order valence-electron chi connectivity index (χ2n) is 5.40. The van der Waals surface area contributed by atoms with E-state index >= 15 is 0 Å². The highest BCUT2D eigenvalue weighted by Gasteiger charge is 2.37. The zero-order valence-corrected chi connectivity index (χ0v) is 12.0. The van der Waals surface area contributed by atoms with Crippen molar-refractivity contribution in [3.63, 3.8) is 0 Å². The van der Waals surface area contributed by atoms with Gasteiger partial charge in [-0.05, 0) is 23.6 Å². The van der Waals surface area contributed by atoms with Gasteiger partial charge in [0.05, 0.1) is 10.5 Å². The van der Waals surface area contributed by atoms with E-state index in [1.165, 1.54) is 6.07 Å². The highest BCUT2D eigenvalue weighted by Crippen LogP contribution is 2.40. The van der Waals surface area contributed by atoms with Crippen LogP contribution in [0.1, 0.15) is 16.7 Å². The Balaban J connectivity index is 2.02. The number of anilines is 1. The van der Waals surface area contributed by atoms with Crippen molar-refractivity contribution in [2.24, 2.45) is 0 Å².